The van der Waals surface area contributed by atoms with Gasteiger partial charge in [0.05, 0.1) is 18.2 Å². The lowest BCUT2D eigenvalue weighted by Crippen LogP contribution is -2.52. The highest BCUT2D eigenvalue weighted by Gasteiger charge is 2.28. The van der Waals surface area contributed by atoms with Gasteiger partial charge in [0, 0.05) is 18.7 Å². The van der Waals surface area contributed by atoms with Gasteiger partial charge in [-0.1, -0.05) is 30.3 Å². The summed E-state index contributed by atoms with van der Waals surface area (Å²) in [7, 11) is 0. The molecule has 0 saturated carbocycles. The molecule has 0 bridgehead atoms. The molecule has 25 heavy (non-hydrogen) atoms. The predicted octanol–water partition coefficient (Wildman–Crippen LogP) is 3.01. The number of hydrogen-bond acceptors (Lipinski definition) is 5. The van der Waals surface area contributed by atoms with Crippen molar-refractivity contribution in [3.63, 3.8) is 0 Å². The van der Waals surface area contributed by atoms with Gasteiger partial charge in [-0.05, 0) is 32.4 Å². The lowest BCUT2D eigenvalue weighted by Gasteiger charge is -2.36. The highest BCUT2D eigenvalue weighted by atomic mass is 16.5. The fourth-order valence-electron chi connectivity index (χ4n) is 2.89. The molecule has 3 atom stereocenters. The molecule has 1 aromatic heterocycles. The Bertz CT molecular complexity index is 703. The number of carbonyl (C=O) groups is 1. The Morgan fingerprint density at radius 3 is 2.84 bits per heavy atom. The number of carbonyl (C=O) groups excluding carboxylic acids is 1. The molecule has 7 heteroatoms. The minimum atomic E-state index is -0.341. The van der Waals surface area contributed by atoms with Gasteiger partial charge >= 0.3 is 6.03 Å². The first-order chi connectivity index (χ1) is 12.1. The molecule has 2 aromatic rings. The molecule has 1 aromatic carbocycles. The lowest BCUT2D eigenvalue weighted by molar-refractivity contribution is -0.0648. The van der Waals surface area contributed by atoms with Crippen molar-refractivity contribution in [2.45, 2.75) is 45.4 Å². The molecule has 2 heterocycles. The highest BCUT2D eigenvalue weighted by molar-refractivity contribution is 5.74. The van der Waals surface area contributed by atoms with Gasteiger partial charge in [-0.25, -0.2) is 4.79 Å². The third-order valence-corrected chi connectivity index (χ3v) is 4.26. The minimum Gasteiger partial charge on any atom is -0.372 e. The van der Waals surface area contributed by atoms with Crippen molar-refractivity contribution < 1.29 is 14.1 Å². The van der Waals surface area contributed by atoms with Crippen LogP contribution in [0.3, 0.4) is 0 Å². The van der Waals surface area contributed by atoms with Crippen molar-refractivity contribution in [1.29, 1.82) is 0 Å². The maximum atomic E-state index is 12.5. The topological polar surface area (TPSA) is 80.5 Å². The van der Waals surface area contributed by atoms with E-state index in [9.17, 15) is 4.79 Å². The zero-order chi connectivity index (χ0) is 17.8. The van der Waals surface area contributed by atoms with E-state index in [1.807, 2.05) is 44.2 Å². The summed E-state index contributed by atoms with van der Waals surface area (Å²) in [6.45, 7) is 7.07. The normalized spacial score (nSPS) is 21.8. The zero-order valence-electron chi connectivity index (χ0n) is 14.8. The van der Waals surface area contributed by atoms with Crippen molar-refractivity contribution in [3.05, 3.63) is 36.2 Å². The molecule has 1 aliphatic heterocycles. The van der Waals surface area contributed by atoms with Crippen LogP contribution in [0.4, 0.5) is 4.79 Å². The van der Waals surface area contributed by atoms with Crippen LogP contribution < -0.4 is 5.32 Å². The average molecular weight is 344 g/mol. The lowest BCUT2D eigenvalue weighted by atomic mass is 10.2. The van der Waals surface area contributed by atoms with Gasteiger partial charge in [-0.3, -0.25) is 0 Å². The van der Waals surface area contributed by atoms with E-state index in [1.54, 1.807) is 4.90 Å². The van der Waals surface area contributed by atoms with Crippen molar-refractivity contribution in [2.24, 2.45) is 0 Å². The van der Waals surface area contributed by atoms with Crippen LogP contribution in [0.5, 0.6) is 0 Å². The summed E-state index contributed by atoms with van der Waals surface area (Å²) in [5.74, 6) is 0.906. The molecular weight excluding hydrogens is 320 g/mol. The third-order valence-electron chi connectivity index (χ3n) is 4.26. The molecule has 0 radical (unpaired) electrons. The molecule has 134 valence electrons. The molecule has 3 unspecified atom stereocenters. The summed E-state index contributed by atoms with van der Waals surface area (Å²) in [4.78, 5) is 18.7. The SMILES string of the molecule is CCC1CN(C(=O)NC(C)c2noc(-c3ccccc3)n2)CC(C)O1. The maximum Gasteiger partial charge on any atom is 0.318 e. The standard InChI is InChI=1S/C18H24N4O3/c1-4-15-11-22(10-12(2)24-15)18(23)19-13(3)16-20-17(25-21-16)14-8-6-5-7-9-14/h5-9,12-13,15H,4,10-11H2,1-3H3,(H,19,23). The average Bonchev–Trinajstić information content (AvgIpc) is 3.12. The van der Waals surface area contributed by atoms with Crippen LogP contribution >= 0.6 is 0 Å². The quantitative estimate of drug-likeness (QED) is 0.922. The summed E-state index contributed by atoms with van der Waals surface area (Å²) in [5, 5.41) is 6.94. The van der Waals surface area contributed by atoms with Crippen LogP contribution in [0.1, 0.15) is 39.1 Å². The number of aromatic nitrogens is 2. The number of ether oxygens (including phenoxy) is 1. The molecule has 0 spiro atoms. The number of benzene rings is 1. The molecule has 1 N–H and O–H groups in total. The van der Waals surface area contributed by atoms with Gasteiger partial charge in [0.1, 0.15) is 0 Å². The van der Waals surface area contributed by atoms with Gasteiger partial charge in [-0.15, -0.1) is 0 Å². The van der Waals surface area contributed by atoms with Crippen molar-refractivity contribution in [2.75, 3.05) is 13.1 Å². The molecule has 1 aliphatic rings. The van der Waals surface area contributed by atoms with Gasteiger partial charge < -0.3 is 19.5 Å². The Kier molecular flexibility index (Phi) is 5.33. The van der Waals surface area contributed by atoms with E-state index >= 15 is 0 Å². The van der Waals surface area contributed by atoms with Gasteiger partial charge in [-0.2, -0.15) is 4.98 Å². The van der Waals surface area contributed by atoms with Crippen molar-refractivity contribution in [3.8, 4) is 11.5 Å². The molecule has 2 amide bonds. The first-order valence-electron chi connectivity index (χ1n) is 8.66. The maximum absolute atomic E-state index is 12.5. The Hall–Kier alpha value is -2.41. The number of urea groups is 1. The zero-order valence-corrected chi connectivity index (χ0v) is 14.8. The molecule has 1 fully saturated rings. The first-order valence-corrected chi connectivity index (χ1v) is 8.66. The molecule has 7 nitrogen and oxygen atoms in total. The van der Waals surface area contributed by atoms with Crippen LogP contribution in [-0.4, -0.2) is 46.4 Å². The molecule has 0 aliphatic carbocycles. The van der Waals surface area contributed by atoms with Crippen LogP contribution in [0.2, 0.25) is 0 Å². The summed E-state index contributed by atoms with van der Waals surface area (Å²) in [6, 6.07) is 9.08. The minimum absolute atomic E-state index is 0.0367. The first kappa shape index (κ1) is 17.4. The monoisotopic (exact) mass is 344 g/mol. The van der Waals surface area contributed by atoms with Crippen LogP contribution in [0.15, 0.2) is 34.9 Å². The number of amides is 2. The highest BCUT2D eigenvalue weighted by Crippen LogP contribution is 2.19. The van der Waals surface area contributed by atoms with E-state index in [0.29, 0.717) is 24.8 Å². The Morgan fingerprint density at radius 2 is 2.12 bits per heavy atom. The number of morpholine rings is 1. The molecule has 1 saturated heterocycles. The van der Waals surface area contributed by atoms with Gasteiger partial charge in [0.15, 0.2) is 5.82 Å². The molecular formula is C18H24N4O3. The summed E-state index contributed by atoms with van der Waals surface area (Å²) in [5.41, 5.74) is 0.854. The smallest absolute Gasteiger partial charge is 0.318 e. The van der Waals surface area contributed by atoms with Crippen LogP contribution in [0, 0.1) is 0 Å². The second kappa shape index (κ2) is 7.65. The van der Waals surface area contributed by atoms with Gasteiger partial charge in [0.2, 0.25) is 0 Å². The van der Waals surface area contributed by atoms with Crippen molar-refractivity contribution >= 4 is 6.03 Å². The number of rotatable bonds is 4. The largest absolute Gasteiger partial charge is 0.372 e. The Morgan fingerprint density at radius 1 is 1.36 bits per heavy atom. The van der Waals surface area contributed by atoms with E-state index in [-0.39, 0.29) is 24.3 Å². The number of nitrogens with zero attached hydrogens (tertiary/aromatic N) is 3. The second-order valence-corrected chi connectivity index (χ2v) is 6.38. The third kappa shape index (κ3) is 4.17. The van der Waals surface area contributed by atoms with Crippen LogP contribution in [-0.2, 0) is 4.74 Å². The Balaban J connectivity index is 1.63. The Labute approximate surface area is 147 Å². The summed E-state index contributed by atoms with van der Waals surface area (Å²) >= 11 is 0. The summed E-state index contributed by atoms with van der Waals surface area (Å²) < 4.78 is 11.1. The number of hydrogen-bond donors (Lipinski definition) is 1. The van der Waals surface area contributed by atoms with Gasteiger partial charge in [0.25, 0.3) is 5.89 Å². The molecule has 3 rings (SSSR count). The fourth-order valence-corrected chi connectivity index (χ4v) is 2.89. The predicted molar refractivity (Wildman–Crippen MR) is 92.9 cm³/mol. The van der Waals surface area contributed by atoms with E-state index in [0.717, 1.165) is 12.0 Å². The van der Waals surface area contributed by atoms with E-state index in [4.69, 9.17) is 9.26 Å². The van der Waals surface area contributed by atoms with Crippen molar-refractivity contribution in [1.82, 2.24) is 20.4 Å². The van der Waals surface area contributed by atoms with E-state index in [1.165, 1.54) is 0 Å². The second-order valence-electron chi connectivity index (χ2n) is 6.38. The fraction of sp³-hybridized carbons (Fsp3) is 0.500. The summed E-state index contributed by atoms with van der Waals surface area (Å²) in [6.07, 6.45) is 1.00. The number of nitrogens with one attached hydrogen (secondary N) is 1. The van der Waals surface area contributed by atoms with E-state index in [2.05, 4.69) is 22.4 Å². The van der Waals surface area contributed by atoms with Crippen LogP contribution in [0.25, 0.3) is 11.5 Å². The van der Waals surface area contributed by atoms with E-state index < -0.39 is 0 Å².